The smallest absolute Gasteiger partial charge is 0.0727 e. The van der Waals surface area contributed by atoms with Gasteiger partial charge in [-0.2, -0.15) is 0 Å². The Bertz CT molecular complexity index is 1000. The molecule has 0 radical (unpaired) electrons. The monoisotopic (exact) mass is 342 g/mol. The first-order chi connectivity index (χ1) is 12.7. The molecule has 0 aromatic heterocycles. The molecule has 130 valence electrons. The van der Waals surface area contributed by atoms with Gasteiger partial charge in [0.05, 0.1) is 12.0 Å². The fourth-order valence-corrected chi connectivity index (χ4v) is 5.99. The molecule has 0 saturated heterocycles. The maximum atomic E-state index is 12.2. The van der Waals surface area contributed by atoms with Gasteiger partial charge in [-0.05, 0) is 52.6 Å². The van der Waals surface area contributed by atoms with Crippen LogP contribution in [0.2, 0.25) is 0 Å². The number of carbonyl (C=O) groups is 1. The zero-order valence-electron chi connectivity index (χ0n) is 14.5. The van der Waals surface area contributed by atoms with Crippen molar-refractivity contribution in [2.45, 2.75) is 30.7 Å². The Morgan fingerprint density at radius 1 is 1.08 bits per heavy atom. The van der Waals surface area contributed by atoms with Crippen LogP contribution in [0.5, 0.6) is 0 Å². The average Bonchev–Trinajstić information content (AvgIpc) is 3.30. The molecule has 0 amide bonds. The fourth-order valence-electron chi connectivity index (χ4n) is 5.99. The van der Waals surface area contributed by atoms with Crippen LogP contribution in [-0.4, -0.2) is 18.6 Å². The molecular formula is C23H20NO2-. The van der Waals surface area contributed by atoms with Crippen LogP contribution in [0, 0.1) is 11.8 Å². The van der Waals surface area contributed by atoms with E-state index >= 15 is 0 Å². The molecule has 2 aliphatic carbocycles. The summed E-state index contributed by atoms with van der Waals surface area (Å²) in [5.41, 5.74) is 3.83. The number of aliphatic carboxylic acids is 1. The summed E-state index contributed by atoms with van der Waals surface area (Å²) in [6.07, 6.45) is 10.9. The predicted molar refractivity (Wildman–Crippen MR) is 100 cm³/mol. The van der Waals surface area contributed by atoms with Gasteiger partial charge >= 0.3 is 0 Å². The maximum Gasteiger partial charge on any atom is 0.0727 e. The molecular weight excluding hydrogens is 322 g/mol. The summed E-state index contributed by atoms with van der Waals surface area (Å²) < 4.78 is 0. The highest BCUT2D eigenvalue weighted by molar-refractivity contribution is 5.96. The molecule has 5 atom stereocenters. The van der Waals surface area contributed by atoms with Gasteiger partial charge in [0.25, 0.3) is 0 Å². The summed E-state index contributed by atoms with van der Waals surface area (Å²) in [4.78, 5) is 14.4. The van der Waals surface area contributed by atoms with Gasteiger partial charge in [0.15, 0.2) is 0 Å². The SMILES string of the molecule is O=C([O-])[C@H]1[C@@H]2CC=C[C@H]2c2c3c(cc4ccccc24)[C@H]2C=CC[C@@H]2CN31. The van der Waals surface area contributed by atoms with Crippen molar-refractivity contribution in [2.75, 3.05) is 11.4 Å². The summed E-state index contributed by atoms with van der Waals surface area (Å²) >= 11 is 0. The second kappa shape index (κ2) is 5.00. The van der Waals surface area contributed by atoms with Gasteiger partial charge in [-0.15, -0.1) is 0 Å². The number of carbonyl (C=O) groups excluding carboxylic acids is 1. The maximum absolute atomic E-state index is 12.2. The normalized spacial score (nSPS) is 33.2. The number of fused-ring (bicyclic) bond motifs is 6. The number of hydrogen-bond acceptors (Lipinski definition) is 3. The number of carboxylic acids is 1. The Morgan fingerprint density at radius 3 is 2.77 bits per heavy atom. The zero-order chi connectivity index (χ0) is 17.4. The third-order valence-electron chi connectivity index (χ3n) is 6.99. The molecule has 0 unspecified atom stereocenters. The fraction of sp³-hybridized carbons (Fsp3) is 0.348. The van der Waals surface area contributed by atoms with E-state index in [-0.39, 0.29) is 11.8 Å². The Kier molecular flexibility index (Phi) is 2.81. The van der Waals surface area contributed by atoms with Crippen molar-refractivity contribution >= 4 is 22.4 Å². The minimum Gasteiger partial charge on any atom is -0.548 e. The van der Waals surface area contributed by atoms with Crippen molar-refractivity contribution < 1.29 is 9.90 Å². The molecule has 6 rings (SSSR count). The summed E-state index contributed by atoms with van der Waals surface area (Å²) in [7, 11) is 0. The number of anilines is 1. The first-order valence-electron chi connectivity index (χ1n) is 9.60. The van der Waals surface area contributed by atoms with Crippen LogP contribution in [0.15, 0.2) is 54.6 Å². The molecule has 0 spiro atoms. The van der Waals surface area contributed by atoms with Gasteiger partial charge in [0.2, 0.25) is 0 Å². The van der Waals surface area contributed by atoms with Crippen LogP contribution in [0.25, 0.3) is 10.8 Å². The molecule has 26 heavy (non-hydrogen) atoms. The topological polar surface area (TPSA) is 43.4 Å². The molecule has 2 aliphatic heterocycles. The first-order valence-corrected chi connectivity index (χ1v) is 9.60. The minimum atomic E-state index is -0.919. The largest absolute Gasteiger partial charge is 0.548 e. The Morgan fingerprint density at radius 2 is 1.88 bits per heavy atom. The van der Waals surface area contributed by atoms with E-state index in [1.54, 1.807) is 0 Å². The minimum absolute atomic E-state index is 0.0806. The van der Waals surface area contributed by atoms with Crippen molar-refractivity contribution in [1.82, 2.24) is 0 Å². The highest BCUT2D eigenvalue weighted by atomic mass is 16.4. The summed E-state index contributed by atoms with van der Waals surface area (Å²) in [6, 6.07) is 10.4. The zero-order valence-corrected chi connectivity index (χ0v) is 14.5. The Balaban J connectivity index is 1.72. The van der Waals surface area contributed by atoms with Crippen LogP contribution >= 0.6 is 0 Å². The molecule has 4 aliphatic rings. The second-order valence-corrected chi connectivity index (χ2v) is 8.17. The molecule has 0 N–H and O–H groups in total. The molecule has 2 aromatic carbocycles. The lowest BCUT2D eigenvalue weighted by molar-refractivity contribution is -0.309. The van der Waals surface area contributed by atoms with E-state index in [1.807, 2.05) is 0 Å². The van der Waals surface area contributed by atoms with Crippen LogP contribution < -0.4 is 10.0 Å². The quantitative estimate of drug-likeness (QED) is 0.748. The summed E-state index contributed by atoms with van der Waals surface area (Å²) in [5.74, 6) is 0.226. The van der Waals surface area contributed by atoms with Crippen LogP contribution in [0.1, 0.15) is 35.8 Å². The van der Waals surface area contributed by atoms with Crippen LogP contribution in [0.3, 0.4) is 0 Å². The molecule has 0 saturated carbocycles. The number of hydrogen-bond donors (Lipinski definition) is 0. The van der Waals surface area contributed by atoms with E-state index < -0.39 is 12.0 Å². The summed E-state index contributed by atoms with van der Waals surface area (Å²) in [6.45, 7) is 0.817. The van der Waals surface area contributed by atoms with E-state index in [9.17, 15) is 9.90 Å². The molecule has 2 aromatic rings. The van der Waals surface area contributed by atoms with Crippen molar-refractivity contribution in [2.24, 2.45) is 11.8 Å². The van der Waals surface area contributed by atoms with Crippen LogP contribution in [-0.2, 0) is 4.79 Å². The van der Waals surface area contributed by atoms with Crippen molar-refractivity contribution in [3.8, 4) is 0 Å². The average molecular weight is 342 g/mol. The Hall–Kier alpha value is -2.55. The molecule has 3 heteroatoms. The second-order valence-electron chi connectivity index (χ2n) is 8.17. The number of allylic oxidation sites excluding steroid dienone is 4. The van der Waals surface area contributed by atoms with Gasteiger partial charge in [0, 0.05) is 24.1 Å². The number of nitrogens with zero attached hydrogens (tertiary/aromatic N) is 1. The van der Waals surface area contributed by atoms with Crippen molar-refractivity contribution in [3.05, 3.63) is 65.8 Å². The summed E-state index contributed by atoms with van der Waals surface area (Å²) in [5, 5.41) is 14.7. The van der Waals surface area contributed by atoms with Gasteiger partial charge in [-0.1, -0.05) is 48.6 Å². The van der Waals surface area contributed by atoms with Gasteiger partial charge in [-0.3, -0.25) is 0 Å². The number of rotatable bonds is 1. The van der Waals surface area contributed by atoms with Gasteiger partial charge < -0.3 is 14.8 Å². The van der Waals surface area contributed by atoms with Crippen LogP contribution in [0.4, 0.5) is 5.69 Å². The van der Waals surface area contributed by atoms with E-state index in [0.717, 1.165) is 19.4 Å². The lowest BCUT2D eigenvalue weighted by atomic mass is 9.70. The van der Waals surface area contributed by atoms with Gasteiger partial charge in [0.1, 0.15) is 0 Å². The molecule has 3 nitrogen and oxygen atoms in total. The number of benzene rings is 2. The van der Waals surface area contributed by atoms with Crippen molar-refractivity contribution in [1.29, 1.82) is 0 Å². The third kappa shape index (κ3) is 1.71. The predicted octanol–water partition coefficient (Wildman–Crippen LogP) is 3.11. The Labute approximate surface area is 152 Å². The standard InChI is InChI=1S/C23H21NO2/c25-23(26)22-18-10-4-9-17(18)20-16-7-2-1-5-13(16)11-19-15-8-3-6-14(15)12-24(22)21(19)20/h1-5,7-9,11,14-15,17-18,22H,6,10,12H2,(H,25,26)/p-1/t14-,15+,17-,18-,22-/m1/s1. The lowest BCUT2D eigenvalue weighted by Gasteiger charge is -2.51. The first kappa shape index (κ1) is 14.6. The highest BCUT2D eigenvalue weighted by Crippen LogP contribution is 2.56. The van der Waals surface area contributed by atoms with Gasteiger partial charge in [-0.25, -0.2) is 0 Å². The van der Waals surface area contributed by atoms with E-state index in [4.69, 9.17) is 0 Å². The van der Waals surface area contributed by atoms with Crippen molar-refractivity contribution in [3.63, 3.8) is 0 Å². The highest BCUT2D eigenvalue weighted by Gasteiger charge is 2.48. The molecule has 2 heterocycles. The molecule has 0 bridgehead atoms. The molecule has 0 fully saturated rings. The van der Waals surface area contributed by atoms with E-state index in [2.05, 4.69) is 59.5 Å². The lowest BCUT2D eigenvalue weighted by Crippen LogP contribution is -2.58. The van der Waals surface area contributed by atoms with E-state index in [1.165, 1.54) is 27.6 Å². The number of carboxylic acid groups (broad SMARTS) is 1. The van der Waals surface area contributed by atoms with E-state index in [0.29, 0.717) is 11.8 Å². The third-order valence-corrected chi connectivity index (χ3v) is 6.99.